The van der Waals surface area contributed by atoms with Gasteiger partial charge in [-0.1, -0.05) is 30.3 Å². The summed E-state index contributed by atoms with van der Waals surface area (Å²) in [6, 6.07) is 19.6. The molecule has 0 saturated heterocycles. The highest BCUT2D eigenvalue weighted by molar-refractivity contribution is 6.04. The molecule has 0 bridgehead atoms. The lowest BCUT2D eigenvalue weighted by Crippen LogP contribution is -2.31. The summed E-state index contributed by atoms with van der Waals surface area (Å²) in [6.07, 6.45) is 0. The minimum atomic E-state index is -0.454. The number of anilines is 3. The predicted octanol–water partition coefficient (Wildman–Crippen LogP) is 3.67. The van der Waals surface area contributed by atoms with E-state index in [9.17, 15) is 9.59 Å². The van der Waals surface area contributed by atoms with E-state index in [-0.39, 0.29) is 11.6 Å². The number of hydrogen-bond acceptors (Lipinski definition) is 6. The van der Waals surface area contributed by atoms with Crippen molar-refractivity contribution in [1.29, 1.82) is 0 Å². The maximum atomic E-state index is 12.8. The van der Waals surface area contributed by atoms with Crippen molar-refractivity contribution >= 4 is 29.1 Å². The van der Waals surface area contributed by atoms with Gasteiger partial charge >= 0.3 is 5.97 Å². The molecule has 0 atom stereocenters. The number of carbonyl (C=O) groups is 2. The molecule has 28 heavy (non-hydrogen) atoms. The number of para-hydroxylation sites is 2. The SMILES string of the molecule is CCN(C(=O)c1ccc(Nc2ccccc2C(=O)OC)nn1)c1ccccc1. The highest BCUT2D eigenvalue weighted by Crippen LogP contribution is 2.21. The molecule has 0 aliphatic carbocycles. The number of nitrogens with one attached hydrogen (secondary N) is 1. The van der Waals surface area contributed by atoms with Crippen molar-refractivity contribution in [3.8, 4) is 0 Å². The molecule has 7 nitrogen and oxygen atoms in total. The number of esters is 1. The van der Waals surface area contributed by atoms with Gasteiger partial charge in [0.1, 0.15) is 0 Å². The first-order valence-electron chi connectivity index (χ1n) is 8.79. The summed E-state index contributed by atoms with van der Waals surface area (Å²) < 4.78 is 4.78. The van der Waals surface area contributed by atoms with Gasteiger partial charge in [0, 0.05) is 12.2 Å². The fraction of sp³-hybridized carbons (Fsp3) is 0.143. The van der Waals surface area contributed by atoms with Crippen LogP contribution in [0.3, 0.4) is 0 Å². The van der Waals surface area contributed by atoms with Gasteiger partial charge in [-0.15, -0.1) is 10.2 Å². The molecule has 0 aliphatic heterocycles. The van der Waals surface area contributed by atoms with Gasteiger partial charge in [-0.3, -0.25) is 4.79 Å². The second kappa shape index (κ2) is 8.77. The molecule has 7 heteroatoms. The first-order valence-corrected chi connectivity index (χ1v) is 8.79. The van der Waals surface area contributed by atoms with E-state index in [1.807, 2.05) is 37.3 Å². The van der Waals surface area contributed by atoms with Crippen LogP contribution in [0.1, 0.15) is 27.8 Å². The zero-order valence-corrected chi connectivity index (χ0v) is 15.6. The van der Waals surface area contributed by atoms with E-state index in [4.69, 9.17) is 4.74 Å². The highest BCUT2D eigenvalue weighted by atomic mass is 16.5. The van der Waals surface area contributed by atoms with Crippen LogP contribution in [0.5, 0.6) is 0 Å². The lowest BCUT2D eigenvalue weighted by atomic mass is 10.2. The Bertz CT molecular complexity index is 959. The Morgan fingerprint density at radius 3 is 2.32 bits per heavy atom. The fourth-order valence-electron chi connectivity index (χ4n) is 2.72. The number of hydrogen-bond donors (Lipinski definition) is 1. The summed E-state index contributed by atoms with van der Waals surface area (Å²) in [4.78, 5) is 26.3. The van der Waals surface area contributed by atoms with Crippen LogP contribution >= 0.6 is 0 Å². The number of ether oxygens (including phenoxy) is 1. The van der Waals surface area contributed by atoms with Crippen molar-refractivity contribution < 1.29 is 14.3 Å². The Balaban J connectivity index is 1.79. The van der Waals surface area contributed by atoms with Crippen molar-refractivity contribution in [3.05, 3.63) is 78.0 Å². The van der Waals surface area contributed by atoms with E-state index in [1.54, 1.807) is 41.3 Å². The van der Waals surface area contributed by atoms with E-state index >= 15 is 0 Å². The van der Waals surface area contributed by atoms with E-state index in [0.717, 1.165) is 5.69 Å². The molecule has 1 aromatic heterocycles. The number of carbonyl (C=O) groups excluding carboxylic acids is 2. The van der Waals surface area contributed by atoms with Gasteiger partial charge < -0.3 is 15.0 Å². The molecular formula is C21H20N4O3. The average Bonchev–Trinajstić information content (AvgIpc) is 2.75. The molecule has 1 heterocycles. The topological polar surface area (TPSA) is 84.4 Å². The number of benzene rings is 2. The molecule has 1 amide bonds. The molecule has 1 N–H and O–H groups in total. The Labute approximate surface area is 163 Å². The third kappa shape index (κ3) is 4.15. The van der Waals surface area contributed by atoms with Crippen LogP contribution in [0.4, 0.5) is 17.2 Å². The molecule has 2 aromatic carbocycles. The number of rotatable bonds is 6. The second-order valence-corrected chi connectivity index (χ2v) is 5.85. The van der Waals surface area contributed by atoms with Crippen molar-refractivity contribution in [2.24, 2.45) is 0 Å². The first-order chi connectivity index (χ1) is 13.6. The number of aromatic nitrogens is 2. The Hall–Kier alpha value is -3.74. The molecule has 0 aliphatic rings. The molecule has 0 radical (unpaired) electrons. The van der Waals surface area contributed by atoms with Crippen LogP contribution in [-0.4, -0.2) is 35.7 Å². The molecule has 3 aromatic rings. The maximum Gasteiger partial charge on any atom is 0.339 e. The number of nitrogens with zero attached hydrogens (tertiary/aromatic N) is 3. The van der Waals surface area contributed by atoms with Gasteiger partial charge in [0.2, 0.25) is 0 Å². The second-order valence-electron chi connectivity index (χ2n) is 5.85. The number of amides is 1. The summed E-state index contributed by atoms with van der Waals surface area (Å²) in [5, 5.41) is 11.1. The van der Waals surface area contributed by atoms with E-state index < -0.39 is 5.97 Å². The predicted molar refractivity (Wildman–Crippen MR) is 107 cm³/mol. The van der Waals surface area contributed by atoms with Gasteiger partial charge in [-0.25, -0.2) is 4.79 Å². The van der Waals surface area contributed by atoms with Gasteiger partial charge in [-0.05, 0) is 43.3 Å². The van der Waals surface area contributed by atoms with E-state index in [2.05, 4.69) is 15.5 Å². The van der Waals surface area contributed by atoms with Crippen LogP contribution in [0, 0.1) is 0 Å². The Morgan fingerprint density at radius 1 is 0.964 bits per heavy atom. The molecule has 0 fully saturated rings. The van der Waals surface area contributed by atoms with E-state index in [1.165, 1.54) is 7.11 Å². The summed E-state index contributed by atoms with van der Waals surface area (Å²) in [6.45, 7) is 2.41. The monoisotopic (exact) mass is 376 g/mol. The van der Waals surface area contributed by atoms with Gasteiger partial charge in [0.05, 0.1) is 18.4 Å². The van der Waals surface area contributed by atoms with Gasteiger partial charge in [0.25, 0.3) is 5.91 Å². The normalized spacial score (nSPS) is 10.2. The van der Waals surface area contributed by atoms with Crippen molar-refractivity contribution in [3.63, 3.8) is 0 Å². The van der Waals surface area contributed by atoms with Crippen molar-refractivity contribution in [1.82, 2.24) is 10.2 Å². The van der Waals surface area contributed by atoms with Crippen LogP contribution < -0.4 is 10.2 Å². The standard InChI is InChI=1S/C21H20N4O3/c1-3-25(15-9-5-4-6-10-15)20(26)18-13-14-19(24-23-18)22-17-12-8-7-11-16(17)21(27)28-2/h4-14H,3H2,1-2H3,(H,22,24). The van der Waals surface area contributed by atoms with Crippen LogP contribution in [0.15, 0.2) is 66.7 Å². The third-order valence-electron chi connectivity index (χ3n) is 4.11. The minimum Gasteiger partial charge on any atom is -0.465 e. The zero-order valence-electron chi connectivity index (χ0n) is 15.6. The summed E-state index contributed by atoms with van der Waals surface area (Å²) in [7, 11) is 1.32. The summed E-state index contributed by atoms with van der Waals surface area (Å²) >= 11 is 0. The summed E-state index contributed by atoms with van der Waals surface area (Å²) in [5.74, 6) is -0.275. The zero-order chi connectivity index (χ0) is 19.9. The van der Waals surface area contributed by atoms with Crippen LogP contribution in [0.25, 0.3) is 0 Å². The largest absolute Gasteiger partial charge is 0.465 e. The molecule has 0 unspecified atom stereocenters. The average molecular weight is 376 g/mol. The Kier molecular flexibility index (Phi) is 5.96. The fourth-order valence-corrected chi connectivity index (χ4v) is 2.72. The van der Waals surface area contributed by atoms with Crippen LogP contribution in [0.2, 0.25) is 0 Å². The molecule has 142 valence electrons. The maximum absolute atomic E-state index is 12.8. The highest BCUT2D eigenvalue weighted by Gasteiger charge is 2.18. The molecular weight excluding hydrogens is 356 g/mol. The van der Waals surface area contributed by atoms with E-state index in [0.29, 0.717) is 23.6 Å². The molecule has 0 spiro atoms. The van der Waals surface area contributed by atoms with Crippen LogP contribution in [-0.2, 0) is 4.74 Å². The van der Waals surface area contributed by atoms with Gasteiger partial charge in [-0.2, -0.15) is 0 Å². The quantitative estimate of drug-likeness (QED) is 0.661. The lowest BCUT2D eigenvalue weighted by Gasteiger charge is -2.20. The smallest absolute Gasteiger partial charge is 0.339 e. The number of methoxy groups -OCH3 is 1. The first kappa shape index (κ1) is 19.0. The minimum absolute atomic E-state index is 0.234. The Morgan fingerprint density at radius 2 is 1.68 bits per heavy atom. The molecule has 0 saturated carbocycles. The lowest BCUT2D eigenvalue weighted by molar-refractivity contribution is 0.0601. The van der Waals surface area contributed by atoms with Crippen molar-refractivity contribution in [2.75, 3.05) is 23.9 Å². The van der Waals surface area contributed by atoms with Gasteiger partial charge in [0.15, 0.2) is 11.5 Å². The van der Waals surface area contributed by atoms with Crippen molar-refractivity contribution in [2.45, 2.75) is 6.92 Å². The third-order valence-corrected chi connectivity index (χ3v) is 4.11. The molecule has 3 rings (SSSR count). The summed E-state index contributed by atoms with van der Waals surface area (Å²) in [5.41, 5.74) is 1.96.